The maximum absolute atomic E-state index is 6.22. The number of rotatable bonds is 3. The highest BCUT2D eigenvalue weighted by atomic mass is 35.5. The van der Waals surface area contributed by atoms with Gasteiger partial charge in [0.2, 0.25) is 0 Å². The van der Waals surface area contributed by atoms with Gasteiger partial charge in [-0.15, -0.1) is 0 Å². The minimum absolute atomic E-state index is 0.246. The van der Waals surface area contributed by atoms with Crippen molar-refractivity contribution < 1.29 is 0 Å². The van der Waals surface area contributed by atoms with Crippen LogP contribution in [0.5, 0.6) is 0 Å². The number of amidine groups is 1. The van der Waals surface area contributed by atoms with Gasteiger partial charge >= 0.3 is 0 Å². The van der Waals surface area contributed by atoms with E-state index in [0.717, 1.165) is 61.2 Å². The van der Waals surface area contributed by atoms with Gasteiger partial charge < -0.3 is 16.0 Å². The highest BCUT2D eigenvalue weighted by Gasteiger charge is 2.30. The Balaban J connectivity index is 1.49. The molecule has 1 aromatic carbocycles. The first-order valence-electron chi connectivity index (χ1n) is 8.95. The lowest BCUT2D eigenvalue weighted by Crippen LogP contribution is -2.42. The quantitative estimate of drug-likeness (QED) is 0.868. The topological polar surface area (TPSA) is 79.4 Å². The first kappa shape index (κ1) is 17.2. The molecule has 0 atom stereocenters. The molecular weight excluding hydrogens is 348 g/mol. The van der Waals surface area contributed by atoms with Gasteiger partial charge in [-0.2, -0.15) is 0 Å². The van der Waals surface area contributed by atoms with Crippen molar-refractivity contribution in [1.82, 2.24) is 9.97 Å². The molecule has 3 N–H and O–H groups in total. The number of aromatic nitrogens is 2. The fourth-order valence-corrected chi connectivity index (χ4v) is 3.56. The van der Waals surface area contributed by atoms with Crippen LogP contribution in [-0.4, -0.2) is 35.4 Å². The molecule has 4 rings (SSSR count). The maximum Gasteiger partial charge on any atom is 0.154 e. The van der Waals surface area contributed by atoms with Gasteiger partial charge in [0.05, 0.1) is 29.1 Å². The average molecular weight is 371 g/mol. The van der Waals surface area contributed by atoms with E-state index in [0.29, 0.717) is 11.6 Å². The first-order chi connectivity index (χ1) is 12.6. The third-order valence-corrected chi connectivity index (χ3v) is 5.69. The third kappa shape index (κ3) is 3.27. The van der Waals surface area contributed by atoms with E-state index in [1.165, 1.54) is 0 Å². The Kier molecular flexibility index (Phi) is 4.54. The van der Waals surface area contributed by atoms with Crippen molar-refractivity contribution in [2.45, 2.75) is 26.3 Å². The number of halogens is 1. The molecule has 2 aliphatic rings. The van der Waals surface area contributed by atoms with Gasteiger partial charge in [-0.1, -0.05) is 30.7 Å². The molecule has 0 bridgehead atoms. The Morgan fingerprint density at radius 1 is 1.27 bits per heavy atom. The van der Waals surface area contributed by atoms with E-state index < -0.39 is 0 Å². The molecule has 0 saturated carbocycles. The number of hydrogen-bond donors (Lipinski definition) is 2. The maximum atomic E-state index is 6.22. The van der Waals surface area contributed by atoms with E-state index in [4.69, 9.17) is 22.3 Å². The Bertz CT molecular complexity index is 842. The van der Waals surface area contributed by atoms with E-state index in [-0.39, 0.29) is 5.41 Å². The van der Waals surface area contributed by atoms with E-state index in [9.17, 15) is 0 Å². The van der Waals surface area contributed by atoms with Crippen molar-refractivity contribution in [3.05, 3.63) is 46.9 Å². The molecule has 136 valence electrons. The first-order valence-corrected chi connectivity index (χ1v) is 9.33. The van der Waals surface area contributed by atoms with Gasteiger partial charge in [0.1, 0.15) is 11.5 Å². The van der Waals surface area contributed by atoms with Crippen LogP contribution in [-0.2, 0) is 6.54 Å². The summed E-state index contributed by atoms with van der Waals surface area (Å²) in [6.45, 7) is 5.47. The number of anilines is 2. The number of fused-ring (bicyclic) bond motifs is 1. The van der Waals surface area contributed by atoms with E-state index in [2.05, 4.69) is 27.1 Å². The summed E-state index contributed by atoms with van der Waals surface area (Å²) in [5, 5.41) is 3.93. The lowest BCUT2D eigenvalue weighted by Gasteiger charge is -2.39. The lowest BCUT2D eigenvalue weighted by atomic mass is 9.80. The zero-order valence-corrected chi connectivity index (χ0v) is 15.6. The predicted molar refractivity (Wildman–Crippen MR) is 106 cm³/mol. The Hall–Kier alpha value is -2.18. The molecule has 26 heavy (non-hydrogen) atoms. The van der Waals surface area contributed by atoms with Crippen molar-refractivity contribution in [2.24, 2.45) is 16.1 Å². The molecule has 0 spiro atoms. The average Bonchev–Trinajstić information content (AvgIpc) is 3.06. The predicted octanol–water partition coefficient (Wildman–Crippen LogP) is 3.07. The smallest absolute Gasteiger partial charge is 0.154 e. The van der Waals surface area contributed by atoms with Crippen molar-refractivity contribution in [3.63, 3.8) is 0 Å². The number of aliphatic imine (C=N–C) groups is 1. The zero-order valence-electron chi connectivity index (χ0n) is 14.9. The van der Waals surface area contributed by atoms with Gasteiger partial charge in [0.25, 0.3) is 0 Å². The molecule has 2 aliphatic heterocycles. The van der Waals surface area contributed by atoms with Crippen LogP contribution >= 0.6 is 11.6 Å². The van der Waals surface area contributed by atoms with Crippen LogP contribution in [0.2, 0.25) is 5.02 Å². The molecule has 2 aromatic rings. The molecule has 0 aliphatic carbocycles. The number of nitrogens with one attached hydrogen (secondary N) is 1. The number of benzene rings is 1. The number of para-hydroxylation sites is 1. The summed E-state index contributed by atoms with van der Waals surface area (Å²) < 4.78 is 0. The van der Waals surface area contributed by atoms with Gasteiger partial charge in [-0.05, 0) is 36.9 Å². The summed E-state index contributed by atoms with van der Waals surface area (Å²) in [5.41, 5.74) is 8.69. The second-order valence-electron chi connectivity index (χ2n) is 7.30. The SMILES string of the molecule is CC1(CN)CCN(c2cnc3c(n2)CN=C3Nc2ccccc2Cl)CC1. The van der Waals surface area contributed by atoms with Crippen LogP contribution in [0.15, 0.2) is 35.5 Å². The van der Waals surface area contributed by atoms with Gasteiger partial charge in [-0.3, -0.25) is 4.99 Å². The third-order valence-electron chi connectivity index (χ3n) is 5.36. The summed E-state index contributed by atoms with van der Waals surface area (Å²) in [5.74, 6) is 1.65. The molecule has 1 aromatic heterocycles. The van der Waals surface area contributed by atoms with Crippen molar-refractivity contribution in [2.75, 3.05) is 29.9 Å². The Morgan fingerprint density at radius 3 is 2.77 bits per heavy atom. The zero-order chi connectivity index (χ0) is 18.1. The molecule has 7 heteroatoms. The summed E-state index contributed by atoms with van der Waals surface area (Å²) in [4.78, 5) is 16.3. The van der Waals surface area contributed by atoms with Gasteiger partial charge in [-0.25, -0.2) is 9.97 Å². The second-order valence-corrected chi connectivity index (χ2v) is 7.70. The van der Waals surface area contributed by atoms with Crippen LogP contribution in [0.4, 0.5) is 11.5 Å². The summed E-state index contributed by atoms with van der Waals surface area (Å²) >= 11 is 6.22. The van der Waals surface area contributed by atoms with E-state index >= 15 is 0 Å². The van der Waals surface area contributed by atoms with Gasteiger partial charge in [0.15, 0.2) is 5.84 Å². The number of nitrogens with zero attached hydrogens (tertiary/aromatic N) is 4. The van der Waals surface area contributed by atoms with Crippen LogP contribution in [0, 0.1) is 5.41 Å². The monoisotopic (exact) mass is 370 g/mol. The number of hydrogen-bond acceptors (Lipinski definition) is 6. The molecule has 1 saturated heterocycles. The summed E-state index contributed by atoms with van der Waals surface area (Å²) in [6.07, 6.45) is 4.01. The van der Waals surface area contributed by atoms with Crippen LogP contribution < -0.4 is 16.0 Å². The summed E-state index contributed by atoms with van der Waals surface area (Å²) in [7, 11) is 0. The molecule has 0 amide bonds. The second kappa shape index (κ2) is 6.85. The fourth-order valence-electron chi connectivity index (χ4n) is 3.37. The number of piperidine rings is 1. The molecule has 1 fully saturated rings. The highest BCUT2D eigenvalue weighted by molar-refractivity contribution is 6.34. The van der Waals surface area contributed by atoms with Crippen LogP contribution in [0.3, 0.4) is 0 Å². The lowest BCUT2D eigenvalue weighted by molar-refractivity contribution is 0.258. The molecule has 6 nitrogen and oxygen atoms in total. The molecular formula is C19H23ClN6. The summed E-state index contributed by atoms with van der Waals surface area (Å²) in [6, 6.07) is 7.61. The van der Waals surface area contributed by atoms with Crippen molar-refractivity contribution in [1.29, 1.82) is 0 Å². The Labute approximate surface area is 158 Å². The van der Waals surface area contributed by atoms with Crippen LogP contribution in [0.1, 0.15) is 31.2 Å². The number of nitrogens with two attached hydrogens (primary N) is 1. The normalized spacial score (nSPS) is 18.4. The minimum Gasteiger partial charge on any atom is -0.355 e. The van der Waals surface area contributed by atoms with Gasteiger partial charge in [0, 0.05) is 13.1 Å². The van der Waals surface area contributed by atoms with Crippen molar-refractivity contribution in [3.8, 4) is 0 Å². The standard InChI is InChI=1S/C19H23ClN6/c1-19(12-21)6-8-26(9-7-19)16-11-22-17-15(24-16)10-23-18(17)25-14-5-3-2-4-13(14)20/h2-5,11H,6-10,12,21H2,1H3,(H,23,25). The van der Waals surface area contributed by atoms with Crippen LogP contribution in [0.25, 0.3) is 0 Å². The van der Waals surface area contributed by atoms with E-state index in [1.54, 1.807) is 0 Å². The fraction of sp³-hybridized carbons (Fsp3) is 0.421. The van der Waals surface area contributed by atoms with Crippen molar-refractivity contribution >= 4 is 28.9 Å². The molecule has 0 unspecified atom stereocenters. The molecule has 0 radical (unpaired) electrons. The Morgan fingerprint density at radius 2 is 2.04 bits per heavy atom. The largest absolute Gasteiger partial charge is 0.355 e. The van der Waals surface area contributed by atoms with E-state index in [1.807, 2.05) is 30.5 Å². The molecule has 3 heterocycles. The highest BCUT2D eigenvalue weighted by Crippen LogP contribution is 2.32. The minimum atomic E-state index is 0.246.